The van der Waals surface area contributed by atoms with Gasteiger partial charge in [0.25, 0.3) is 0 Å². The van der Waals surface area contributed by atoms with Crippen LogP contribution in [0.2, 0.25) is 0 Å². The smallest absolute Gasteiger partial charge is 0.0530 e. The monoisotopic (exact) mass is 193 g/mol. The molecule has 0 fully saturated rings. The van der Waals surface area contributed by atoms with Crippen LogP contribution in [0.5, 0.6) is 0 Å². The largest absolute Gasteiger partial charge is 0.395 e. The molecule has 0 aromatic heterocycles. The highest BCUT2D eigenvalue weighted by Gasteiger charge is 1.82. The van der Waals surface area contributed by atoms with Gasteiger partial charge in [-0.15, -0.1) is 0 Å². The van der Waals surface area contributed by atoms with E-state index in [1.165, 1.54) is 0 Å². The minimum atomic E-state index is 0.258. The number of allylic oxidation sites excluding steroid dienone is 1. The summed E-state index contributed by atoms with van der Waals surface area (Å²) in [4.78, 5) is 0. The number of hydrogen-bond acceptors (Lipinski definition) is 4. The van der Waals surface area contributed by atoms with Crippen molar-refractivity contribution in [3.05, 3.63) is 11.5 Å². The second-order valence-electron chi connectivity index (χ2n) is 1.94. The van der Waals surface area contributed by atoms with Crippen LogP contribution in [0.4, 0.5) is 0 Å². The minimum absolute atomic E-state index is 0.258. The lowest BCUT2D eigenvalue weighted by atomic mass is 10.3. The highest BCUT2D eigenvalue weighted by Crippen LogP contribution is 2.21. The molecular weight excluding hydrogens is 178 g/mol. The van der Waals surface area contributed by atoms with E-state index < -0.39 is 0 Å². The van der Waals surface area contributed by atoms with Crippen LogP contribution in [0.3, 0.4) is 0 Å². The second-order valence-corrected chi connectivity index (χ2v) is 4.34. The topological polar surface area (TPSA) is 46.2 Å². The van der Waals surface area contributed by atoms with Gasteiger partial charge in [-0.3, -0.25) is 0 Å². The SMILES string of the molecule is NCCC/C=C/SSCCO. The van der Waals surface area contributed by atoms with E-state index in [1.54, 1.807) is 21.6 Å². The van der Waals surface area contributed by atoms with Crippen molar-refractivity contribution in [3.63, 3.8) is 0 Å². The Balaban J connectivity index is 2.91. The highest BCUT2D eigenvalue weighted by atomic mass is 33.1. The third-order valence-electron chi connectivity index (χ3n) is 0.969. The third-order valence-corrected chi connectivity index (χ3v) is 3.00. The van der Waals surface area contributed by atoms with Crippen LogP contribution >= 0.6 is 21.6 Å². The summed E-state index contributed by atoms with van der Waals surface area (Å²) >= 11 is 0. The molecule has 0 heterocycles. The van der Waals surface area contributed by atoms with Gasteiger partial charge in [0.15, 0.2) is 0 Å². The maximum Gasteiger partial charge on any atom is 0.0530 e. The molecule has 2 nitrogen and oxygen atoms in total. The van der Waals surface area contributed by atoms with Gasteiger partial charge < -0.3 is 10.8 Å². The van der Waals surface area contributed by atoms with E-state index in [1.807, 2.05) is 0 Å². The third kappa shape index (κ3) is 10.4. The van der Waals surface area contributed by atoms with Crippen molar-refractivity contribution >= 4 is 21.6 Å². The first-order valence-corrected chi connectivity index (χ1v) is 6.04. The molecule has 0 bridgehead atoms. The molecule has 0 aliphatic heterocycles. The van der Waals surface area contributed by atoms with Gasteiger partial charge in [0.2, 0.25) is 0 Å². The van der Waals surface area contributed by atoms with E-state index in [0.29, 0.717) is 0 Å². The molecule has 0 saturated carbocycles. The van der Waals surface area contributed by atoms with Crippen molar-refractivity contribution in [2.24, 2.45) is 5.73 Å². The van der Waals surface area contributed by atoms with Crippen molar-refractivity contribution in [1.82, 2.24) is 0 Å². The fraction of sp³-hybridized carbons (Fsp3) is 0.714. The zero-order valence-electron chi connectivity index (χ0n) is 6.53. The molecule has 0 amide bonds. The fourth-order valence-corrected chi connectivity index (χ4v) is 1.92. The Kier molecular flexibility index (Phi) is 10.7. The van der Waals surface area contributed by atoms with Gasteiger partial charge in [-0.1, -0.05) is 27.7 Å². The Morgan fingerprint density at radius 1 is 1.45 bits per heavy atom. The molecule has 0 radical (unpaired) electrons. The fourth-order valence-electron chi connectivity index (χ4n) is 0.468. The van der Waals surface area contributed by atoms with Crippen LogP contribution in [-0.4, -0.2) is 24.0 Å². The van der Waals surface area contributed by atoms with Crippen LogP contribution in [0.1, 0.15) is 12.8 Å². The van der Waals surface area contributed by atoms with E-state index >= 15 is 0 Å². The maximum absolute atomic E-state index is 8.43. The summed E-state index contributed by atoms with van der Waals surface area (Å²) in [6.45, 7) is 1.02. The Bertz CT molecular complexity index is 98.4. The molecule has 0 atom stereocenters. The standard InChI is InChI=1S/C7H15NOS2/c8-4-2-1-3-6-10-11-7-5-9/h3,6,9H,1-2,4-5,7-8H2/b6-3+. The Morgan fingerprint density at radius 3 is 2.91 bits per heavy atom. The summed E-state index contributed by atoms with van der Waals surface area (Å²) < 4.78 is 0. The highest BCUT2D eigenvalue weighted by molar-refractivity contribution is 8.77. The van der Waals surface area contributed by atoms with Crippen LogP contribution in [0.15, 0.2) is 11.5 Å². The average Bonchev–Trinajstić information content (AvgIpc) is 2.03. The average molecular weight is 193 g/mol. The van der Waals surface area contributed by atoms with Crippen molar-refractivity contribution in [2.45, 2.75) is 12.8 Å². The predicted octanol–water partition coefficient (Wildman–Crippen LogP) is 1.61. The lowest BCUT2D eigenvalue weighted by molar-refractivity contribution is 0.323. The van der Waals surface area contributed by atoms with Crippen LogP contribution in [0.25, 0.3) is 0 Å². The van der Waals surface area contributed by atoms with Gasteiger partial charge in [0.1, 0.15) is 0 Å². The lowest BCUT2D eigenvalue weighted by Crippen LogP contribution is -1.96. The van der Waals surface area contributed by atoms with Crippen LogP contribution in [-0.2, 0) is 0 Å². The predicted molar refractivity (Wildman–Crippen MR) is 54.6 cm³/mol. The minimum Gasteiger partial charge on any atom is -0.395 e. The van der Waals surface area contributed by atoms with Gasteiger partial charge in [-0.05, 0) is 24.8 Å². The molecule has 0 aliphatic rings. The van der Waals surface area contributed by atoms with Gasteiger partial charge in [-0.25, -0.2) is 0 Å². The second kappa shape index (κ2) is 10.4. The van der Waals surface area contributed by atoms with Gasteiger partial charge in [0.05, 0.1) is 6.61 Å². The molecule has 0 aromatic rings. The molecule has 3 N–H and O–H groups in total. The molecule has 4 heteroatoms. The Hall–Kier alpha value is 0.360. The van der Waals surface area contributed by atoms with E-state index in [4.69, 9.17) is 10.8 Å². The zero-order valence-corrected chi connectivity index (χ0v) is 8.16. The quantitative estimate of drug-likeness (QED) is 0.476. The number of aliphatic hydroxyl groups is 1. The summed E-state index contributed by atoms with van der Waals surface area (Å²) in [6.07, 6.45) is 4.23. The van der Waals surface area contributed by atoms with Crippen molar-refractivity contribution in [1.29, 1.82) is 0 Å². The number of hydrogen-bond donors (Lipinski definition) is 2. The molecule has 0 saturated heterocycles. The molecule has 0 unspecified atom stereocenters. The molecule has 0 rings (SSSR count). The Labute approximate surface area is 76.0 Å². The summed E-state index contributed by atoms with van der Waals surface area (Å²) in [5.41, 5.74) is 5.31. The van der Waals surface area contributed by atoms with Crippen molar-refractivity contribution in [2.75, 3.05) is 18.9 Å². The number of rotatable bonds is 7. The first-order valence-electron chi connectivity index (χ1n) is 3.66. The molecule has 0 aliphatic carbocycles. The van der Waals surface area contributed by atoms with Crippen molar-refractivity contribution < 1.29 is 5.11 Å². The lowest BCUT2D eigenvalue weighted by Gasteiger charge is -1.91. The zero-order chi connectivity index (χ0) is 8.36. The molecule has 11 heavy (non-hydrogen) atoms. The van der Waals surface area contributed by atoms with Crippen LogP contribution < -0.4 is 5.73 Å². The summed E-state index contributed by atoms with van der Waals surface area (Å²) in [7, 11) is 3.32. The Morgan fingerprint density at radius 2 is 2.27 bits per heavy atom. The molecule has 0 aromatic carbocycles. The van der Waals surface area contributed by atoms with Gasteiger partial charge >= 0.3 is 0 Å². The molecular formula is C7H15NOS2. The number of unbranched alkanes of at least 4 members (excludes halogenated alkanes) is 1. The summed E-state index contributed by atoms with van der Waals surface area (Å²) in [5.74, 6) is 0.798. The molecule has 66 valence electrons. The van der Waals surface area contributed by atoms with E-state index in [9.17, 15) is 0 Å². The summed E-state index contributed by atoms with van der Waals surface area (Å²) in [6, 6.07) is 0. The van der Waals surface area contributed by atoms with Crippen LogP contribution in [0, 0.1) is 0 Å². The normalized spacial score (nSPS) is 11.1. The summed E-state index contributed by atoms with van der Waals surface area (Å²) in [5, 5.41) is 10.5. The molecule has 0 spiro atoms. The number of aliphatic hydroxyl groups excluding tert-OH is 1. The first kappa shape index (κ1) is 11.4. The number of nitrogens with two attached hydrogens (primary N) is 1. The van der Waals surface area contributed by atoms with Gasteiger partial charge in [0, 0.05) is 5.75 Å². The van der Waals surface area contributed by atoms with Gasteiger partial charge in [-0.2, -0.15) is 0 Å². The van der Waals surface area contributed by atoms with E-state index in [2.05, 4.69) is 11.5 Å². The first-order chi connectivity index (χ1) is 5.41. The van der Waals surface area contributed by atoms with E-state index in [0.717, 1.165) is 25.1 Å². The maximum atomic E-state index is 8.43. The van der Waals surface area contributed by atoms with E-state index in [-0.39, 0.29) is 6.61 Å². The van der Waals surface area contributed by atoms with Crippen molar-refractivity contribution in [3.8, 4) is 0 Å².